The molecule has 0 unspecified atom stereocenters. The summed E-state index contributed by atoms with van der Waals surface area (Å²) in [5.74, 6) is -1.81. The van der Waals surface area contributed by atoms with Gasteiger partial charge >= 0.3 is 0 Å². The van der Waals surface area contributed by atoms with Gasteiger partial charge in [0.15, 0.2) is 0 Å². The third kappa shape index (κ3) is 12.2. The molecule has 0 aliphatic heterocycles. The van der Waals surface area contributed by atoms with Gasteiger partial charge in [0.1, 0.15) is 29.4 Å². The average Bonchev–Trinajstić information content (AvgIpc) is 2.74. The quantitative estimate of drug-likeness (QED) is 0.187. The summed E-state index contributed by atoms with van der Waals surface area (Å²) in [5, 5.41) is 22.6. The fraction of sp³-hybridized carbons (Fsp3) is 0.0870. The zero-order valence-corrected chi connectivity index (χ0v) is 24.8. The van der Waals surface area contributed by atoms with Gasteiger partial charge in [-0.25, -0.2) is 13.2 Å². The van der Waals surface area contributed by atoms with Crippen molar-refractivity contribution < 1.29 is 17.9 Å². The van der Waals surface area contributed by atoms with Gasteiger partial charge in [0.25, 0.3) is 0 Å². The number of nitrogens with two attached hydrogens (primary N) is 1. The Labute approximate surface area is 244 Å². The Morgan fingerprint density at radius 2 is 1.25 bits per heavy atom. The molecule has 0 heterocycles. The molecule has 0 spiro atoms. The molecule has 3 rings (SSSR count). The topological polar surface area (TPSA) is 107 Å². The minimum absolute atomic E-state index is 0. The van der Waals surface area contributed by atoms with Crippen molar-refractivity contribution in [2.45, 2.75) is 6.92 Å². The number of amidine groups is 1. The number of nitrogens with zero attached hydrogens (tertiary/aromatic N) is 1. The maximum Gasteiger partial charge on any atom is 0.216 e. The van der Waals surface area contributed by atoms with Gasteiger partial charge in [0.2, 0.25) is 5.90 Å². The summed E-state index contributed by atoms with van der Waals surface area (Å²) in [6, 6.07) is 14.9. The predicted octanol–water partition coefficient (Wildman–Crippen LogP) is 8.13. The molecule has 0 saturated carbocycles. The second kappa shape index (κ2) is 18.2. The fourth-order valence-corrected chi connectivity index (χ4v) is 3.18. The van der Waals surface area contributed by atoms with Crippen LogP contribution in [-0.2, 0) is 4.74 Å². The van der Waals surface area contributed by atoms with Gasteiger partial charge in [0.05, 0.1) is 23.3 Å². The predicted molar refractivity (Wildman–Crippen MR) is 151 cm³/mol. The SMILES string of the molecule is CCOC(=N)c1ccc(Br)cc1F.Cl.Cl.N#Cc1ccc(Br)cc1F.N=C(N)c1ccc(Br)cc1F. The largest absolute Gasteiger partial charge is 0.478 e. The number of hydrogen-bond donors (Lipinski definition) is 3. The van der Waals surface area contributed by atoms with Crippen LogP contribution in [0.4, 0.5) is 13.2 Å². The van der Waals surface area contributed by atoms with Crippen LogP contribution in [0.2, 0.25) is 0 Å². The Hall–Kier alpha value is -2.10. The molecular formula is C23H20Br3Cl2F3N4O. The van der Waals surface area contributed by atoms with E-state index in [0.717, 1.165) is 0 Å². The zero-order chi connectivity index (χ0) is 25.8. The summed E-state index contributed by atoms with van der Waals surface area (Å²) >= 11 is 9.30. The van der Waals surface area contributed by atoms with E-state index >= 15 is 0 Å². The summed E-state index contributed by atoms with van der Waals surface area (Å²) in [6.45, 7) is 2.12. The van der Waals surface area contributed by atoms with Crippen LogP contribution in [0.25, 0.3) is 0 Å². The van der Waals surface area contributed by atoms with Crippen LogP contribution in [0.5, 0.6) is 0 Å². The first kappa shape index (κ1) is 36.1. The van der Waals surface area contributed by atoms with Gasteiger partial charge < -0.3 is 10.5 Å². The molecule has 194 valence electrons. The number of nitriles is 1. The monoisotopic (exact) mass is 732 g/mol. The van der Waals surface area contributed by atoms with E-state index in [1.807, 2.05) is 0 Å². The molecule has 3 aromatic rings. The number of halogens is 8. The summed E-state index contributed by atoms with van der Waals surface area (Å²) < 4.78 is 45.4. The molecule has 0 amide bonds. The van der Waals surface area contributed by atoms with E-state index in [0.29, 0.717) is 20.0 Å². The number of nitrogen functional groups attached to an aromatic ring is 1. The Morgan fingerprint density at radius 1 is 0.833 bits per heavy atom. The molecule has 0 atom stereocenters. The van der Waals surface area contributed by atoms with Crippen LogP contribution in [0, 0.1) is 39.6 Å². The van der Waals surface area contributed by atoms with E-state index in [9.17, 15) is 13.2 Å². The summed E-state index contributed by atoms with van der Waals surface area (Å²) in [6.07, 6.45) is 0. The van der Waals surface area contributed by atoms with Crippen molar-refractivity contribution in [3.63, 3.8) is 0 Å². The number of nitrogens with one attached hydrogen (secondary N) is 2. The first-order valence-corrected chi connectivity index (χ1v) is 11.7. The normalized spacial score (nSPS) is 8.94. The van der Waals surface area contributed by atoms with Gasteiger partial charge in [-0.1, -0.05) is 47.8 Å². The molecule has 0 aliphatic rings. The highest BCUT2D eigenvalue weighted by atomic mass is 79.9. The second-order valence-electron chi connectivity index (χ2n) is 6.16. The molecule has 0 aromatic heterocycles. The molecule has 0 radical (unpaired) electrons. The summed E-state index contributed by atoms with van der Waals surface area (Å²) in [7, 11) is 0. The van der Waals surface area contributed by atoms with Crippen molar-refractivity contribution in [3.05, 3.63) is 102 Å². The number of rotatable bonds is 3. The lowest BCUT2D eigenvalue weighted by Crippen LogP contribution is -2.12. The maximum atomic E-state index is 13.2. The Kier molecular flexibility index (Phi) is 18.2. The van der Waals surface area contributed by atoms with Crippen LogP contribution < -0.4 is 5.73 Å². The van der Waals surface area contributed by atoms with Crippen molar-refractivity contribution >= 4 is 84.3 Å². The smallest absolute Gasteiger partial charge is 0.216 e. The number of hydrogen-bond acceptors (Lipinski definition) is 4. The van der Waals surface area contributed by atoms with E-state index in [4.69, 9.17) is 26.6 Å². The molecule has 0 aliphatic carbocycles. The van der Waals surface area contributed by atoms with E-state index < -0.39 is 17.5 Å². The van der Waals surface area contributed by atoms with E-state index in [1.54, 1.807) is 31.2 Å². The van der Waals surface area contributed by atoms with Gasteiger partial charge in [-0.05, 0) is 61.5 Å². The molecule has 13 heteroatoms. The second-order valence-corrected chi connectivity index (χ2v) is 8.91. The van der Waals surface area contributed by atoms with Crippen molar-refractivity contribution in [2.24, 2.45) is 5.73 Å². The van der Waals surface area contributed by atoms with Gasteiger partial charge in [-0.3, -0.25) is 10.8 Å². The highest BCUT2D eigenvalue weighted by Gasteiger charge is 2.08. The fourth-order valence-electron chi connectivity index (χ4n) is 2.18. The van der Waals surface area contributed by atoms with Crippen LogP contribution in [0.3, 0.4) is 0 Å². The zero-order valence-electron chi connectivity index (χ0n) is 18.4. The highest BCUT2D eigenvalue weighted by molar-refractivity contribution is 9.11. The molecule has 3 aromatic carbocycles. The van der Waals surface area contributed by atoms with Crippen molar-refractivity contribution in [1.29, 1.82) is 16.1 Å². The third-order valence-corrected chi connectivity index (χ3v) is 5.22. The van der Waals surface area contributed by atoms with Crippen molar-refractivity contribution in [2.75, 3.05) is 6.61 Å². The van der Waals surface area contributed by atoms with Crippen LogP contribution >= 0.6 is 72.6 Å². The Morgan fingerprint density at radius 3 is 1.61 bits per heavy atom. The van der Waals surface area contributed by atoms with Crippen molar-refractivity contribution in [3.8, 4) is 6.07 Å². The van der Waals surface area contributed by atoms with Crippen molar-refractivity contribution in [1.82, 2.24) is 0 Å². The lowest BCUT2D eigenvalue weighted by Gasteiger charge is -2.05. The standard InChI is InChI=1S/C9H9BrFNO.C7H6BrFN2.C7H3BrFN.2ClH/c1-2-13-9(12)7-4-3-6(10)5-8(7)11;8-4-1-2-5(7(10)11)6(9)3-4;8-6-2-1-5(4-10)7(9)3-6;;/h3-5,12H,2H2,1H3;1-3H,(H3,10,11);1-3H;2*1H. The Balaban J connectivity index is 0. The molecule has 0 bridgehead atoms. The minimum atomic E-state index is -0.489. The van der Waals surface area contributed by atoms with Gasteiger partial charge in [0, 0.05) is 13.4 Å². The Bertz CT molecular complexity index is 1230. The molecular weight excluding hydrogens is 716 g/mol. The first-order chi connectivity index (χ1) is 16.0. The summed E-state index contributed by atoms with van der Waals surface area (Å²) in [4.78, 5) is 0. The van der Waals surface area contributed by atoms with Crippen LogP contribution in [0.15, 0.2) is 68.0 Å². The van der Waals surface area contributed by atoms with E-state index in [1.165, 1.54) is 36.4 Å². The number of ether oxygens (including phenoxy) is 1. The van der Waals surface area contributed by atoms with Crippen LogP contribution in [-0.4, -0.2) is 18.3 Å². The maximum absolute atomic E-state index is 13.2. The average molecular weight is 736 g/mol. The number of benzene rings is 3. The van der Waals surface area contributed by atoms with E-state index in [-0.39, 0.29) is 53.2 Å². The van der Waals surface area contributed by atoms with Gasteiger partial charge in [-0.2, -0.15) is 5.26 Å². The lowest BCUT2D eigenvalue weighted by atomic mass is 10.2. The molecule has 4 N–H and O–H groups in total. The molecule has 0 fully saturated rings. The van der Waals surface area contributed by atoms with Gasteiger partial charge in [-0.15, -0.1) is 24.8 Å². The lowest BCUT2D eigenvalue weighted by molar-refractivity contribution is 0.324. The molecule has 5 nitrogen and oxygen atoms in total. The minimum Gasteiger partial charge on any atom is -0.478 e. The molecule has 36 heavy (non-hydrogen) atoms. The van der Waals surface area contributed by atoms with E-state index in [2.05, 4.69) is 47.8 Å². The first-order valence-electron chi connectivity index (χ1n) is 9.31. The molecule has 0 saturated heterocycles. The van der Waals surface area contributed by atoms with Crippen LogP contribution in [0.1, 0.15) is 23.6 Å². The summed E-state index contributed by atoms with van der Waals surface area (Å²) in [5.41, 5.74) is 5.48. The third-order valence-electron chi connectivity index (χ3n) is 3.74. The highest BCUT2D eigenvalue weighted by Crippen LogP contribution is 2.16.